The maximum Gasteiger partial charge on any atom is 0.258 e. The predicted octanol–water partition coefficient (Wildman–Crippen LogP) is 3.15. The Kier molecular flexibility index (Phi) is 3.00. The van der Waals surface area contributed by atoms with Gasteiger partial charge in [-0.2, -0.15) is 0 Å². The lowest BCUT2D eigenvalue weighted by atomic mass is 10.3. The topological polar surface area (TPSA) is 59.9 Å². The number of para-hydroxylation sites is 2. The summed E-state index contributed by atoms with van der Waals surface area (Å²) in [5.41, 5.74) is 1.62. The van der Waals surface area contributed by atoms with Gasteiger partial charge in [-0.3, -0.25) is 0 Å². The van der Waals surface area contributed by atoms with Crippen molar-refractivity contribution < 1.29 is 4.74 Å². The fourth-order valence-electron chi connectivity index (χ4n) is 1.72. The van der Waals surface area contributed by atoms with E-state index in [0.29, 0.717) is 11.7 Å². The van der Waals surface area contributed by atoms with E-state index < -0.39 is 0 Å². The number of fused-ring (bicyclic) bond motifs is 1. The van der Waals surface area contributed by atoms with Gasteiger partial charge in [-0.25, -0.2) is 15.0 Å². The number of methoxy groups -OCH3 is 1. The molecule has 0 spiro atoms. The van der Waals surface area contributed by atoms with Crippen molar-refractivity contribution in [2.45, 2.75) is 6.92 Å². The van der Waals surface area contributed by atoms with Crippen LogP contribution in [0.4, 0.5) is 10.9 Å². The summed E-state index contributed by atoms with van der Waals surface area (Å²) in [6.07, 6.45) is 1.81. The largest absolute Gasteiger partial charge is 0.478 e. The highest BCUT2D eigenvalue weighted by Gasteiger charge is 2.10. The molecule has 0 saturated carbocycles. The number of aromatic nitrogens is 3. The molecule has 2 heterocycles. The number of rotatable bonds is 3. The van der Waals surface area contributed by atoms with E-state index in [-0.39, 0.29) is 0 Å². The molecule has 0 aliphatic heterocycles. The molecule has 19 heavy (non-hydrogen) atoms. The molecule has 1 aromatic carbocycles. The highest BCUT2D eigenvalue weighted by Crippen LogP contribution is 2.28. The Morgan fingerprint density at radius 1 is 1.16 bits per heavy atom. The summed E-state index contributed by atoms with van der Waals surface area (Å²) in [5, 5.41) is 3.92. The Balaban J connectivity index is 2.05. The maximum absolute atomic E-state index is 5.27. The Morgan fingerprint density at radius 3 is 2.53 bits per heavy atom. The lowest BCUT2D eigenvalue weighted by Gasteiger charge is -2.08. The van der Waals surface area contributed by atoms with Crippen molar-refractivity contribution >= 4 is 33.3 Å². The van der Waals surface area contributed by atoms with Crippen LogP contribution in [0.1, 0.15) is 4.88 Å². The first-order valence-electron chi connectivity index (χ1n) is 5.76. The van der Waals surface area contributed by atoms with Gasteiger partial charge in [-0.1, -0.05) is 12.1 Å². The molecule has 0 unspecified atom stereocenters. The standard InChI is InChI=1S/C13H12N4OS/c1-8-7-14-13(19-8)17-11-12(18-2)16-10-6-4-3-5-9(10)15-11/h3-7H,1-2H3,(H,14,15,17). The van der Waals surface area contributed by atoms with E-state index in [0.717, 1.165) is 21.0 Å². The molecule has 0 aliphatic carbocycles. The van der Waals surface area contributed by atoms with Crippen LogP contribution < -0.4 is 10.1 Å². The molecular weight excluding hydrogens is 260 g/mol. The van der Waals surface area contributed by atoms with Crippen molar-refractivity contribution in [2.24, 2.45) is 0 Å². The Hall–Kier alpha value is -2.21. The average Bonchev–Trinajstić information content (AvgIpc) is 2.83. The third-order valence-electron chi connectivity index (χ3n) is 2.58. The SMILES string of the molecule is COc1nc2ccccc2nc1Nc1ncc(C)s1. The third-order valence-corrected chi connectivity index (χ3v) is 3.41. The molecule has 5 nitrogen and oxygen atoms in total. The molecule has 0 fully saturated rings. The van der Waals surface area contributed by atoms with Gasteiger partial charge < -0.3 is 10.1 Å². The van der Waals surface area contributed by atoms with Crippen molar-refractivity contribution in [3.8, 4) is 5.88 Å². The second kappa shape index (κ2) is 4.81. The fourth-order valence-corrected chi connectivity index (χ4v) is 2.38. The van der Waals surface area contributed by atoms with Gasteiger partial charge in [0.1, 0.15) is 0 Å². The van der Waals surface area contributed by atoms with Crippen LogP contribution in [0.2, 0.25) is 0 Å². The number of thiazole rings is 1. The van der Waals surface area contributed by atoms with Crippen LogP contribution in [-0.4, -0.2) is 22.1 Å². The van der Waals surface area contributed by atoms with Gasteiger partial charge in [0.15, 0.2) is 10.9 Å². The van der Waals surface area contributed by atoms with Crippen LogP contribution in [0.5, 0.6) is 5.88 Å². The van der Waals surface area contributed by atoms with Gasteiger partial charge in [0, 0.05) is 11.1 Å². The minimum Gasteiger partial charge on any atom is -0.478 e. The molecule has 6 heteroatoms. The van der Waals surface area contributed by atoms with Gasteiger partial charge in [0.2, 0.25) is 0 Å². The van der Waals surface area contributed by atoms with Crippen LogP contribution in [0.25, 0.3) is 11.0 Å². The monoisotopic (exact) mass is 272 g/mol. The van der Waals surface area contributed by atoms with Crippen molar-refractivity contribution in [2.75, 3.05) is 12.4 Å². The summed E-state index contributed by atoms with van der Waals surface area (Å²) in [5.74, 6) is 1.04. The Labute approximate surface area is 114 Å². The van der Waals surface area contributed by atoms with Gasteiger partial charge >= 0.3 is 0 Å². The molecular formula is C13H12N4OS. The average molecular weight is 272 g/mol. The van der Waals surface area contributed by atoms with E-state index in [1.165, 1.54) is 0 Å². The van der Waals surface area contributed by atoms with Gasteiger partial charge in [0.05, 0.1) is 18.1 Å². The van der Waals surface area contributed by atoms with E-state index >= 15 is 0 Å². The normalized spacial score (nSPS) is 10.6. The highest BCUT2D eigenvalue weighted by molar-refractivity contribution is 7.15. The first-order valence-corrected chi connectivity index (χ1v) is 6.58. The number of hydrogen-bond donors (Lipinski definition) is 1. The summed E-state index contributed by atoms with van der Waals surface area (Å²) >= 11 is 1.56. The molecule has 0 bridgehead atoms. The number of aryl methyl sites for hydroxylation is 1. The van der Waals surface area contributed by atoms with E-state index in [1.54, 1.807) is 18.4 Å². The van der Waals surface area contributed by atoms with Crippen LogP contribution in [0.15, 0.2) is 30.5 Å². The van der Waals surface area contributed by atoms with Crippen LogP contribution >= 0.6 is 11.3 Å². The van der Waals surface area contributed by atoms with Crippen molar-refractivity contribution in [1.29, 1.82) is 0 Å². The van der Waals surface area contributed by atoms with Gasteiger partial charge in [-0.15, -0.1) is 11.3 Å². The summed E-state index contributed by atoms with van der Waals surface area (Å²) in [6.45, 7) is 2.01. The molecule has 0 saturated heterocycles. The van der Waals surface area contributed by atoms with E-state index in [2.05, 4.69) is 20.3 Å². The lowest BCUT2D eigenvalue weighted by molar-refractivity contribution is 0.400. The number of anilines is 2. The smallest absolute Gasteiger partial charge is 0.258 e. The van der Waals surface area contributed by atoms with Crippen LogP contribution in [0.3, 0.4) is 0 Å². The summed E-state index contributed by atoms with van der Waals surface area (Å²) in [7, 11) is 1.58. The van der Waals surface area contributed by atoms with Crippen molar-refractivity contribution in [3.05, 3.63) is 35.3 Å². The van der Waals surface area contributed by atoms with E-state index in [9.17, 15) is 0 Å². The Bertz CT molecular complexity index is 725. The quantitative estimate of drug-likeness (QED) is 0.793. The number of nitrogens with one attached hydrogen (secondary N) is 1. The molecule has 0 amide bonds. The molecule has 0 atom stereocenters. The zero-order valence-electron chi connectivity index (χ0n) is 10.5. The molecule has 0 aliphatic rings. The van der Waals surface area contributed by atoms with E-state index in [4.69, 9.17) is 4.74 Å². The highest BCUT2D eigenvalue weighted by atomic mass is 32.1. The lowest BCUT2D eigenvalue weighted by Crippen LogP contribution is -2.00. The van der Waals surface area contributed by atoms with E-state index in [1.807, 2.05) is 37.4 Å². The summed E-state index contributed by atoms with van der Waals surface area (Å²) in [6, 6.07) is 7.68. The second-order valence-corrected chi connectivity index (χ2v) is 5.21. The van der Waals surface area contributed by atoms with Crippen LogP contribution in [0, 0.1) is 6.92 Å². The number of hydrogen-bond acceptors (Lipinski definition) is 6. The molecule has 3 rings (SSSR count). The first kappa shape index (κ1) is 11.9. The minimum absolute atomic E-state index is 0.464. The summed E-state index contributed by atoms with van der Waals surface area (Å²) in [4.78, 5) is 14.3. The minimum atomic E-state index is 0.464. The van der Waals surface area contributed by atoms with Crippen molar-refractivity contribution in [3.63, 3.8) is 0 Å². The predicted molar refractivity (Wildman–Crippen MR) is 76.2 cm³/mol. The Morgan fingerprint density at radius 2 is 1.89 bits per heavy atom. The van der Waals surface area contributed by atoms with Crippen molar-refractivity contribution in [1.82, 2.24) is 15.0 Å². The molecule has 96 valence electrons. The first-order chi connectivity index (χ1) is 9.26. The van der Waals surface area contributed by atoms with Gasteiger partial charge in [-0.05, 0) is 19.1 Å². The fraction of sp³-hybridized carbons (Fsp3) is 0.154. The zero-order valence-corrected chi connectivity index (χ0v) is 11.4. The number of benzene rings is 1. The number of ether oxygens (including phenoxy) is 1. The maximum atomic E-state index is 5.27. The molecule has 1 N–H and O–H groups in total. The third kappa shape index (κ3) is 2.34. The summed E-state index contributed by atoms with van der Waals surface area (Å²) < 4.78 is 5.27. The second-order valence-electron chi connectivity index (χ2n) is 3.97. The van der Waals surface area contributed by atoms with Crippen LogP contribution in [-0.2, 0) is 0 Å². The van der Waals surface area contributed by atoms with Gasteiger partial charge in [0.25, 0.3) is 5.88 Å². The molecule has 2 aromatic heterocycles. The zero-order chi connectivity index (χ0) is 13.2. The molecule has 0 radical (unpaired) electrons. The molecule has 3 aromatic rings. The number of nitrogens with zero attached hydrogens (tertiary/aromatic N) is 3.